The largest absolute Gasteiger partial charge is 0.490 e. The highest BCUT2D eigenvalue weighted by Crippen LogP contribution is 2.07. The Morgan fingerprint density at radius 3 is 1.90 bits per heavy atom. The molecule has 0 aromatic heterocycles. The van der Waals surface area contributed by atoms with Crippen LogP contribution in [-0.4, -0.2) is 37.3 Å². The fraction of sp³-hybridized carbons (Fsp3) is 0.273. The molecular weight excluding hydrogens is 288 g/mol. The van der Waals surface area contributed by atoms with Crippen LogP contribution >= 0.6 is 0 Å². The quantitative estimate of drug-likeness (QED) is 0.373. The van der Waals surface area contributed by atoms with Gasteiger partial charge in [-0.15, -0.1) is 0 Å². The van der Waals surface area contributed by atoms with E-state index in [9.17, 15) is 0 Å². The molecule has 9 heteroatoms. The minimum Gasteiger partial charge on any atom is -0.490 e. The summed E-state index contributed by atoms with van der Waals surface area (Å²) >= 11 is 0. The van der Waals surface area contributed by atoms with Crippen LogP contribution in [0.3, 0.4) is 0 Å². The lowest BCUT2D eigenvalue weighted by Gasteiger charge is -1.99. The topological polar surface area (TPSA) is 166 Å². The molecule has 0 unspecified atom stereocenters. The number of ether oxygens (including phenoxy) is 2. The van der Waals surface area contributed by atoms with Crippen LogP contribution in [0.1, 0.15) is 0 Å². The Labute approximate surface area is 119 Å². The van der Waals surface area contributed by atoms with Crippen LogP contribution in [0.15, 0.2) is 43.0 Å². The summed E-state index contributed by atoms with van der Waals surface area (Å²) in [6.07, 6.45) is 1.73. The van der Waals surface area contributed by atoms with Crippen molar-refractivity contribution < 1.29 is 27.0 Å². The average Bonchev–Trinajstić information content (AvgIpc) is 3.13. The van der Waals surface area contributed by atoms with E-state index in [1.54, 1.807) is 6.08 Å². The Morgan fingerprint density at radius 1 is 1.20 bits per heavy atom. The van der Waals surface area contributed by atoms with Crippen molar-refractivity contribution in [2.24, 2.45) is 0 Å². The van der Waals surface area contributed by atoms with Crippen LogP contribution in [0.5, 0.6) is 5.75 Å². The molecule has 1 aromatic carbocycles. The molecule has 0 amide bonds. The number of rotatable bonds is 3. The molecule has 0 aliphatic carbocycles. The molecule has 8 nitrogen and oxygen atoms in total. The summed E-state index contributed by atoms with van der Waals surface area (Å²) in [4.78, 5) is 0. The van der Waals surface area contributed by atoms with Gasteiger partial charge in [-0.25, -0.2) is 0 Å². The molecule has 0 radical (unpaired) electrons. The number of epoxide rings is 1. The number of hydrogen-bond donors (Lipinski definition) is 4. The van der Waals surface area contributed by atoms with Gasteiger partial charge in [-0.1, -0.05) is 30.9 Å². The Morgan fingerprint density at radius 2 is 1.60 bits per heavy atom. The smallest absolute Gasteiger partial charge is 0.394 e. The zero-order valence-corrected chi connectivity index (χ0v) is 12.0. The predicted octanol–water partition coefficient (Wildman–Crippen LogP) is 1.94. The van der Waals surface area contributed by atoms with E-state index in [0.717, 1.165) is 19.0 Å². The van der Waals surface area contributed by atoms with Gasteiger partial charge in [0.2, 0.25) is 0 Å². The monoisotopic (exact) mass is 310 g/mol. The second kappa shape index (κ2) is 13.9. The lowest BCUT2D eigenvalue weighted by Crippen LogP contribution is -1.91. The molecule has 0 spiro atoms. The van der Waals surface area contributed by atoms with Crippen LogP contribution in [0.2, 0.25) is 0 Å². The van der Waals surface area contributed by atoms with E-state index in [-0.39, 0.29) is 12.3 Å². The molecule has 20 heavy (non-hydrogen) atoms. The fourth-order valence-corrected chi connectivity index (χ4v) is 0.672. The molecule has 1 aliphatic rings. The van der Waals surface area contributed by atoms with Crippen LogP contribution in [0.25, 0.3) is 0 Å². The summed E-state index contributed by atoms with van der Waals surface area (Å²) in [5, 5.41) is 0. The van der Waals surface area contributed by atoms with E-state index < -0.39 is 10.4 Å². The van der Waals surface area contributed by atoms with Crippen molar-refractivity contribution >= 4 is 10.4 Å². The Balaban J connectivity index is -0.000000245. The first-order valence-electron chi connectivity index (χ1n) is 5.00. The van der Waals surface area contributed by atoms with Crippen LogP contribution in [-0.2, 0) is 15.1 Å². The summed E-state index contributed by atoms with van der Waals surface area (Å²) in [6.45, 7) is 6.12. The van der Waals surface area contributed by atoms with Gasteiger partial charge in [0.05, 0.1) is 13.2 Å². The summed E-state index contributed by atoms with van der Waals surface area (Å²) in [7, 11) is -4.67. The number of hydrogen-bond acceptors (Lipinski definition) is 6. The third-order valence-electron chi connectivity index (χ3n) is 1.32. The molecule has 1 aliphatic heterocycles. The lowest BCUT2D eigenvalue weighted by molar-refractivity contribution is 0.363. The van der Waals surface area contributed by atoms with Crippen LogP contribution < -0.4 is 17.0 Å². The van der Waals surface area contributed by atoms with Gasteiger partial charge in [-0.3, -0.25) is 9.11 Å². The molecule has 2 rings (SSSR count). The van der Waals surface area contributed by atoms with E-state index >= 15 is 0 Å². The lowest BCUT2D eigenvalue weighted by atomic mass is 10.3. The van der Waals surface area contributed by atoms with Gasteiger partial charge in [-0.05, 0) is 12.1 Å². The van der Waals surface area contributed by atoms with Crippen molar-refractivity contribution in [1.29, 1.82) is 0 Å². The Hall–Kier alpha value is -1.49. The third kappa shape index (κ3) is 30.0. The molecule has 0 saturated carbocycles. The fourth-order valence-electron chi connectivity index (χ4n) is 0.672. The maximum atomic E-state index is 8.74. The summed E-state index contributed by atoms with van der Waals surface area (Å²) in [6, 6.07) is 9.69. The standard InChI is InChI=1S/C9H10O.C2H4O.2H3N.H2O4S/c1-2-8-10-9-6-4-3-5-7-9;1-2-3-1;;;1-5(2,3)4/h2-7H,1,8H2;1-2H2;2*1H3;(H2,1,2,3,4). The Bertz CT molecular complexity index is 411. The molecule has 1 heterocycles. The molecule has 118 valence electrons. The SMILES string of the molecule is C1CO1.C=CCOc1ccccc1.N.N.O=S(=O)(O)O. The van der Waals surface area contributed by atoms with Gasteiger partial charge < -0.3 is 21.8 Å². The molecule has 8 N–H and O–H groups in total. The highest BCUT2D eigenvalue weighted by atomic mass is 32.3. The minimum absolute atomic E-state index is 0. The van der Waals surface area contributed by atoms with E-state index in [1.807, 2.05) is 30.3 Å². The molecule has 1 aromatic rings. The highest BCUT2D eigenvalue weighted by Gasteiger charge is 1.94. The van der Waals surface area contributed by atoms with Gasteiger partial charge in [0.25, 0.3) is 0 Å². The first-order chi connectivity index (χ1) is 8.43. The van der Waals surface area contributed by atoms with Gasteiger partial charge >= 0.3 is 10.4 Å². The Kier molecular flexibility index (Phi) is 16.4. The van der Waals surface area contributed by atoms with Crippen molar-refractivity contribution in [3.05, 3.63) is 43.0 Å². The second-order valence-corrected chi connectivity index (χ2v) is 3.87. The van der Waals surface area contributed by atoms with Gasteiger partial charge in [-0.2, -0.15) is 8.42 Å². The van der Waals surface area contributed by atoms with Gasteiger partial charge in [0.1, 0.15) is 12.4 Å². The summed E-state index contributed by atoms with van der Waals surface area (Å²) in [5.41, 5.74) is 0. The maximum Gasteiger partial charge on any atom is 0.394 e. The van der Waals surface area contributed by atoms with Crippen molar-refractivity contribution in [2.45, 2.75) is 0 Å². The maximum absolute atomic E-state index is 8.74. The molecular formula is C11H22N2O6S. The molecule has 1 fully saturated rings. The molecule has 0 bridgehead atoms. The van der Waals surface area contributed by atoms with Crippen molar-refractivity contribution in [2.75, 3.05) is 19.8 Å². The summed E-state index contributed by atoms with van der Waals surface area (Å²) in [5.74, 6) is 0.891. The minimum atomic E-state index is -4.67. The predicted molar refractivity (Wildman–Crippen MR) is 77.2 cm³/mol. The van der Waals surface area contributed by atoms with Gasteiger partial charge in [0, 0.05) is 0 Å². The van der Waals surface area contributed by atoms with E-state index in [2.05, 4.69) is 11.3 Å². The van der Waals surface area contributed by atoms with E-state index in [0.29, 0.717) is 6.61 Å². The van der Waals surface area contributed by atoms with E-state index in [1.165, 1.54) is 0 Å². The van der Waals surface area contributed by atoms with Crippen molar-refractivity contribution in [1.82, 2.24) is 12.3 Å². The highest BCUT2D eigenvalue weighted by molar-refractivity contribution is 7.79. The number of benzene rings is 1. The third-order valence-corrected chi connectivity index (χ3v) is 1.32. The second-order valence-electron chi connectivity index (χ2n) is 2.97. The first kappa shape index (κ1) is 23.6. The van der Waals surface area contributed by atoms with Crippen LogP contribution in [0.4, 0.5) is 0 Å². The van der Waals surface area contributed by atoms with Crippen molar-refractivity contribution in [3.8, 4) is 5.75 Å². The van der Waals surface area contributed by atoms with Crippen LogP contribution in [0, 0.1) is 0 Å². The first-order valence-corrected chi connectivity index (χ1v) is 6.39. The zero-order valence-electron chi connectivity index (χ0n) is 11.1. The molecule has 0 atom stereocenters. The zero-order chi connectivity index (χ0) is 13.9. The molecule has 1 saturated heterocycles. The van der Waals surface area contributed by atoms with E-state index in [4.69, 9.17) is 22.3 Å². The average molecular weight is 310 g/mol. The van der Waals surface area contributed by atoms with Crippen molar-refractivity contribution in [3.63, 3.8) is 0 Å². The number of para-hydroxylation sites is 1. The van der Waals surface area contributed by atoms with Gasteiger partial charge in [0.15, 0.2) is 0 Å². The normalized spacial score (nSPS) is 10.9. The summed E-state index contributed by atoms with van der Waals surface area (Å²) < 4.78 is 41.3.